The average molecular weight is 488 g/mol. The number of carbonyl (C=O) groups excluding carboxylic acids is 2. The lowest BCUT2D eigenvalue weighted by atomic mass is 9.98. The largest absolute Gasteiger partial charge is 0.467 e. The van der Waals surface area contributed by atoms with Crippen LogP contribution < -0.4 is 10.6 Å². The molecule has 6 nitrogen and oxygen atoms in total. The zero-order valence-electron chi connectivity index (χ0n) is 20.3. The van der Waals surface area contributed by atoms with E-state index in [4.69, 9.17) is 17.0 Å². The van der Waals surface area contributed by atoms with Crippen LogP contribution >= 0.6 is 12.2 Å². The normalized spacial score (nSPS) is 15.4. The summed E-state index contributed by atoms with van der Waals surface area (Å²) < 4.78 is 4.93. The third-order valence-corrected chi connectivity index (χ3v) is 6.57. The van der Waals surface area contributed by atoms with E-state index < -0.39 is 12.0 Å². The second kappa shape index (κ2) is 10.3. The number of nitrogens with zero attached hydrogens (tertiary/aromatic N) is 1. The molecule has 4 rings (SSSR count). The molecule has 2 unspecified atom stereocenters. The summed E-state index contributed by atoms with van der Waals surface area (Å²) in [6.45, 7) is 5.88. The molecule has 7 heteroatoms. The number of amides is 1. The van der Waals surface area contributed by atoms with E-state index in [1.54, 1.807) is 4.90 Å². The van der Waals surface area contributed by atoms with Gasteiger partial charge in [-0.2, -0.15) is 0 Å². The number of methoxy groups -OCH3 is 1. The van der Waals surface area contributed by atoms with Gasteiger partial charge in [0.15, 0.2) is 5.11 Å². The first-order valence-corrected chi connectivity index (χ1v) is 12.0. The number of anilines is 2. The van der Waals surface area contributed by atoms with Crippen molar-refractivity contribution in [3.05, 3.63) is 83.4 Å². The fourth-order valence-electron chi connectivity index (χ4n) is 4.45. The van der Waals surface area contributed by atoms with Crippen LogP contribution in [0.15, 0.2) is 66.7 Å². The Labute approximate surface area is 211 Å². The van der Waals surface area contributed by atoms with Gasteiger partial charge in [-0.3, -0.25) is 4.79 Å². The molecule has 2 N–H and O–H groups in total. The molecule has 0 saturated carbocycles. The number of ether oxygens (including phenoxy) is 1. The van der Waals surface area contributed by atoms with Crippen molar-refractivity contribution in [3.8, 4) is 11.1 Å². The number of benzene rings is 3. The highest BCUT2D eigenvalue weighted by atomic mass is 32.1. The molecular formula is C28H29N3O3S. The number of rotatable bonds is 6. The Morgan fingerprint density at radius 3 is 2.14 bits per heavy atom. The Bertz CT molecular complexity index is 1260. The van der Waals surface area contributed by atoms with Crippen molar-refractivity contribution in [2.24, 2.45) is 0 Å². The van der Waals surface area contributed by atoms with Gasteiger partial charge in [-0.15, -0.1) is 0 Å². The lowest BCUT2D eigenvalue weighted by molar-refractivity contribution is -0.146. The molecule has 0 aliphatic carbocycles. The Kier molecular flexibility index (Phi) is 7.17. The second-order valence-corrected chi connectivity index (χ2v) is 9.07. The zero-order valence-corrected chi connectivity index (χ0v) is 21.1. The minimum Gasteiger partial charge on any atom is -0.467 e. The van der Waals surface area contributed by atoms with Crippen molar-refractivity contribution >= 4 is 40.6 Å². The van der Waals surface area contributed by atoms with Crippen molar-refractivity contribution in [2.45, 2.75) is 39.3 Å². The smallest absolute Gasteiger partial charge is 0.328 e. The maximum Gasteiger partial charge on any atom is 0.328 e. The third-order valence-electron chi connectivity index (χ3n) is 6.37. The highest BCUT2D eigenvalue weighted by molar-refractivity contribution is 7.80. The van der Waals surface area contributed by atoms with Gasteiger partial charge in [-0.05, 0) is 85.6 Å². The molecule has 3 aromatic carbocycles. The molecule has 180 valence electrons. The molecule has 3 aromatic rings. The predicted octanol–water partition coefficient (Wildman–Crippen LogP) is 5.94. The van der Waals surface area contributed by atoms with E-state index >= 15 is 0 Å². The Balaban J connectivity index is 1.48. The summed E-state index contributed by atoms with van der Waals surface area (Å²) >= 11 is 5.43. The molecule has 35 heavy (non-hydrogen) atoms. The molecular weight excluding hydrogens is 458 g/mol. The molecule has 0 spiro atoms. The predicted molar refractivity (Wildman–Crippen MR) is 144 cm³/mol. The summed E-state index contributed by atoms with van der Waals surface area (Å²) in [5.41, 5.74) is 6.57. The van der Waals surface area contributed by atoms with Crippen LogP contribution in [0.5, 0.6) is 0 Å². The minimum atomic E-state index is -0.596. The SMILES string of the molecule is CCC(C(=O)OC)N1C(=O)c2ccc(-c3ccc(NC(=S)Nc4ccc(C)cc4)cc3)cc2C1C. The van der Waals surface area contributed by atoms with Crippen molar-refractivity contribution in [3.63, 3.8) is 0 Å². The average Bonchev–Trinajstić information content (AvgIpc) is 3.11. The van der Waals surface area contributed by atoms with Gasteiger partial charge in [-0.25, -0.2) is 4.79 Å². The third kappa shape index (κ3) is 5.05. The molecule has 0 bridgehead atoms. The number of carbonyl (C=O) groups is 2. The van der Waals surface area contributed by atoms with Crippen LogP contribution in [0, 0.1) is 6.92 Å². The Morgan fingerprint density at radius 2 is 1.57 bits per heavy atom. The summed E-state index contributed by atoms with van der Waals surface area (Å²) in [6, 6.07) is 21.0. The molecule has 0 saturated heterocycles. The van der Waals surface area contributed by atoms with Gasteiger partial charge >= 0.3 is 5.97 Å². The zero-order chi connectivity index (χ0) is 25.1. The highest BCUT2D eigenvalue weighted by Crippen LogP contribution is 2.38. The number of fused-ring (bicyclic) bond motifs is 1. The van der Waals surface area contributed by atoms with Crippen LogP contribution in [-0.2, 0) is 9.53 Å². The number of hydrogen-bond donors (Lipinski definition) is 2. The van der Waals surface area contributed by atoms with Crippen molar-refractivity contribution in [1.29, 1.82) is 0 Å². The first-order valence-electron chi connectivity index (χ1n) is 11.6. The first-order chi connectivity index (χ1) is 16.8. The van der Waals surface area contributed by atoms with Crippen LogP contribution in [0.25, 0.3) is 11.1 Å². The highest BCUT2D eigenvalue weighted by Gasteiger charge is 2.41. The van der Waals surface area contributed by atoms with Gasteiger partial charge in [0, 0.05) is 16.9 Å². The molecule has 1 aliphatic heterocycles. The molecule has 0 radical (unpaired) electrons. The molecule has 0 aromatic heterocycles. The summed E-state index contributed by atoms with van der Waals surface area (Å²) in [6.07, 6.45) is 0.499. The van der Waals surface area contributed by atoms with Crippen molar-refractivity contribution < 1.29 is 14.3 Å². The fourth-order valence-corrected chi connectivity index (χ4v) is 4.68. The molecule has 1 heterocycles. The van der Waals surface area contributed by atoms with Crippen molar-refractivity contribution in [2.75, 3.05) is 17.7 Å². The maximum atomic E-state index is 13.1. The molecule has 2 atom stereocenters. The first kappa shape index (κ1) is 24.4. The molecule has 1 aliphatic rings. The Morgan fingerprint density at radius 1 is 1.00 bits per heavy atom. The van der Waals surface area contributed by atoms with Crippen LogP contribution in [-0.4, -0.2) is 35.0 Å². The molecule has 0 fully saturated rings. The number of thiocarbonyl (C=S) groups is 1. The fraction of sp³-hybridized carbons (Fsp3) is 0.250. The topological polar surface area (TPSA) is 70.7 Å². The van der Waals surface area contributed by atoms with Crippen LogP contribution in [0.4, 0.5) is 11.4 Å². The van der Waals surface area contributed by atoms with Gasteiger partial charge in [-0.1, -0.05) is 42.8 Å². The van der Waals surface area contributed by atoms with E-state index in [-0.39, 0.29) is 11.9 Å². The Hall–Kier alpha value is -3.71. The summed E-state index contributed by atoms with van der Waals surface area (Å²) in [5.74, 6) is -0.524. The van der Waals surface area contributed by atoms with Gasteiger partial charge in [0.25, 0.3) is 5.91 Å². The summed E-state index contributed by atoms with van der Waals surface area (Å²) in [7, 11) is 1.35. The summed E-state index contributed by atoms with van der Waals surface area (Å²) in [4.78, 5) is 26.9. The van der Waals surface area contributed by atoms with Crippen LogP contribution in [0.3, 0.4) is 0 Å². The monoisotopic (exact) mass is 487 g/mol. The lowest BCUT2D eigenvalue weighted by Gasteiger charge is -2.29. The number of nitrogens with one attached hydrogen (secondary N) is 2. The standard InChI is InChI=1S/C28H29N3O3S/c1-5-25(27(33)34-4)31-18(3)24-16-20(10-15-23(24)26(31)32)19-8-13-22(14-9-19)30-28(35)29-21-11-6-17(2)7-12-21/h6-16,18,25H,5H2,1-4H3,(H2,29,30,35). The number of esters is 1. The second-order valence-electron chi connectivity index (χ2n) is 8.66. The van der Waals surface area contributed by atoms with E-state index in [2.05, 4.69) is 10.6 Å². The van der Waals surface area contributed by atoms with Gasteiger partial charge in [0.1, 0.15) is 6.04 Å². The van der Waals surface area contributed by atoms with Crippen LogP contribution in [0.1, 0.15) is 47.8 Å². The van der Waals surface area contributed by atoms with Crippen molar-refractivity contribution in [1.82, 2.24) is 4.90 Å². The van der Waals surface area contributed by atoms with Gasteiger partial charge < -0.3 is 20.3 Å². The maximum absolute atomic E-state index is 13.1. The van der Waals surface area contributed by atoms with Gasteiger partial charge in [0.2, 0.25) is 0 Å². The van der Waals surface area contributed by atoms with E-state index in [0.29, 0.717) is 17.1 Å². The van der Waals surface area contributed by atoms with E-state index in [1.807, 2.05) is 87.5 Å². The molecule has 1 amide bonds. The lowest BCUT2D eigenvalue weighted by Crippen LogP contribution is -2.43. The van der Waals surface area contributed by atoms with E-state index in [9.17, 15) is 9.59 Å². The number of hydrogen-bond acceptors (Lipinski definition) is 4. The van der Waals surface area contributed by atoms with Gasteiger partial charge in [0.05, 0.1) is 13.2 Å². The van der Waals surface area contributed by atoms with Crippen LogP contribution in [0.2, 0.25) is 0 Å². The minimum absolute atomic E-state index is 0.134. The summed E-state index contributed by atoms with van der Waals surface area (Å²) in [5, 5.41) is 6.90. The quantitative estimate of drug-likeness (QED) is 0.331. The van der Waals surface area contributed by atoms with E-state index in [0.717, 1.165) is 28.1 Å². The van der Waals surface area contributed by atoms with E-state index in [1.165, 1.54) is 12.7 Å². The number of aryl methyl sites for hydroxylation is 1.